The highest BCUT2D eigenvalue weighted by Crippen LogP contribution is 2.26. The van der Waals surface area contributed by atoms with Crippen LogP contribution in [0.2, 0.25) is 0 Å². The fourth-order valence-corrected chi connectivity index (χ4v) is 2.13. The van der Waals surface area contributed by atoms with Gasteiger partial charge in [-0.1, -0.05) is 0 Å². The van der Waals surface area contributed by atoms with Crippen molar-refractivity contribution in [3.05, 3.63) is 18.7 Å². The molecule has 0 aliphatic heterocycles. The van der Waals surface area contributed by atoms with Gasteiger partial charge in [0.1, 0.15) is 23.5 Å². The number of nitrogens with two attached hydrogens (primary N) is 1. The Morgan fingerprint density at radius 3 is 2.93 bits per heavy atom. The minimum atomic E-state index is 0.576. The lowest BCUT2D eigenvalue weighted by Gasteiger charge is -1.99. The van der Waals surface area contributed by atoms with Crippen LogP contribution in [0.1, 0.15) is 0 Å². The third kappa shape index (κ3) is 2.16. The molecule has 0 atom stereocenters. The fourth-order valence-electron chi connectivity index (χ4n) is 0.772. The van der Waals surface area contributed by atoms with Crippen molar-refractivity contribution >= 4 is 29.1 Å². The van der Waals surface area contributed by atoms with Crippen molar-refractivity contribution in [3.63, 3.8) is 0 Å². The van der Waals surface area contributed by atoms with Crippen molar-refractivity contribution in [3.8, 4) is 0 Å². The van der Waals surface area contributed by atoms with Crippen LogP contribution < -0.4 is 11.3 Å². The molecule has 2 aromatic heterocycles. The normalized spacial score (nSPS) is 10.1. The van der Waals surface area contributed by atoms with Crippen LogP contribution in [-0.2, 0) is 0 Å². The Bertz CT molecular complexity index is 402. The van der Waals surface area contributed by atoms with E-state index in [-0.39, 0.29) is 0 Å². The van der Waals surface area contributed by atoms with E-state index in [0.29, 0.717) is 5.82 Å². The monoisotopic (exact) mass is 226 g/mol. The first-order valence-electron chi connectivity index (χ1n) is 3.61. The molecule has 0 aliphatic rings. The number of aromatic nitrogens is 4. The van der Waals surface area contributed by atoms with Crippen LogP contribution in [-0.4, -0.2) is 19.3 Å². The van der Waals surface area contributed by atoms with Gasteiger partial charge in [-0.05, 0) is 23.3 Å². The highest BCUT2D eigenvalue weighted by Gasteiger charge is 2.02. The highest BCUT2D eigenvalue weighted by molar-refractivity contribution is 8.00. The zero-order valence-electron chi connectivity index (χ0n) is 6.91. The van der Waals surface area contributed by atoms with Crippen molar-refractivity contribution < 1.29 is 0 Å². The summed E-state index contributed by atoms with van der Waals surface area (Å²) in [5.41, 5.74) is 2.45. The first-order valence-corrected chi connectivity index (χ1v) is 5.20. The summed E-state index contributed by atoms with van der Waals surface area (Å²) >= 11 is 2.74. The Morgan fingerprint density at radius 1 is 1.29 bits per heavy atom. The van der Waals surface area contributed by atoms with Gasteiger partial charge in [0.05, 0.1) is 0 Å². The number of hydrogen-bond acceptors (Lipinski definition) is 8. The molecule has 72 valence electrons. The number of hydrazine groups is 1. The van der Waals surface area contributed by atoms with E-state index in [2.05, 4.69) is 24.8 Å². The van der Waals surface area contributed by atoms with E-state index < -0.39 is 0 Å². The predicted molar refractivity (Wildman–Crippen MR) is 53.9 cm³/mol. The Kier molecular flexibility index (Phi) is 2.87. The standard InChI is InChI=1S/C6H6N6S2/c7-12-4-1-5(9-2-8-4)13-6-10-3-11-14-6/h1-3H,7H2,(H,8,9,12). The van der Waals surface area contributed by atoms with Gasteiger partial charge in [0.25, 0.3) is 0 Å². The lowest BCUT2D eigenvalue weighted by molar-refractivity contribution is 1.03. The molecule has 2 aromatic rings. The summed E-state index contributed by atoms with van der Waals surface area (Å²) in [5.74, 6) is 5.79. The lowest BCUT2D eigenvalue weighted by Crippen LogP contribution is -2.08. The average molecular weight is 226 g/mol. The molecule has 0 radical (unpaired) electrons. The van der Waals surface area contributed by atoms with E-state index in [4.69, 9.17) is 5.84 Å². The Hall–Kier alpha value is -1.25. The molecule has 0 unspecified atom stereocenters. The van der Waals surface area contributed by atoms with Crippen molar-refractivity contribution in [1.82, 2.24) is 19.3 Å². The number of rotatable bonds is 3. The second kappa shape index (κ2) is 4.31. The summed E-state index contributed by atoms with van der Waals surface area (Å²) in [5, 5.41) is 0.782. The topological polar surface area (TPSA) is 89.6 Å². The van der Waals surface area contributed by atoms with Crippen molar-refractivity contribution in [2.24, 2.45) is 5.84 Å². The van der Waals surface area contributed by atoms with Gasteiger partial charge in [-0.2, -0.15) is 4.37 Å². The van der Waals surface area contributed by atoms with E-state index >= 15 is 0 Å². The molecule has 0 bridgehead atoms. The van der Waals surface area contributed by atoms with Crippen LogP contribution in [0.25, 0.3) is 0 Å². The molecule has 0 saturated heterocycles. The smallest absolute Gasteiger partial charge is 0.175 e. The fraction of sp³-hybridized carbons (Fsp3) is 0. The van der Waals surface area contributed by atoms with Gasteiger partial charge in [-0.25, -0.2) is 20.8 Å². The Balaban J connectivity index is 2.17. The summed E-state index contributed by atoms with van der Waals surface area (Å²) in [6, 6.07) is 1.74. The van der Waals surface area contributed by atoms with E-state index in [1.54, 1.807) is 6.07 Å². The van der Waals surface area contributed by atoms with E-state index in [0.717, 1.165) is 9.37 Å². The molecule has 2 heterocycles. The van der Waals surface area contributed by atoms with E-state index in [1.807, 2.05) is 0 Å². The minimum Gasteiger partial charge on any atom is -0.308 e. The molecule has 0 aliphatic carbocycles. The van der Waals surface area contributed by atoms with Gasteiger partial charge in [0, 0.05) is 6.07 Å². The van der Waals surface area contributed by atoms with Crippen LogP contribution in [0, 0.1) is 0 Å². The second-order valence-electron chi connectivity index (χ2n) is 2.20. The maximum absolute atomic E-state index is 5.22. The average Bonchev–Trinajstić information content (AvgIpc) is 2.71. The van der Waals surface area contributed by atoms with E-state index in [1.165, 1.54) is 35.9 Å². The molecular formula is C6H6N6S2. The van der Waals surface area contributed by atoms with E-state index in [9.17, 15) is 0 Å². The van der Waals surface area contributed by atoms with Crippen LogP contribution in [0.3, 0.4) is 0 Å². The quantitative estimate of drug-likeness (QED) is 0.453. The third-order valence-corrected chi connectivity index (χ3v) is 2.97. The lowest BCUT2D eigenvalue weighted by atomic mass is 10.6. The molecular weight excluding hydrogens is 220 g/mol. The number of nitrogens with zero attached hydrogens (tertiary/aromatic N) is 4. The summed E-state index contributed by atoms with van der Waals surface area (Å²) in [6.07, 6.45) is 2.95. The van der Waals surface area contributed by atoms with Crippen LogP contribution >= 0.6 is 23.3 Å². The molecule has 0 spiro atoms. The SMILES string of the molecule is NNc1cc(Sc2ncns2)ncn1. The van der Waals surface area contributed by atoms with Crippen LogP contribution in [0.15, 0.2) is 28.1 Å². The zero-order valence-corrected chi connectivity index (χ0v) is 8.55. The van der Waals surface area contributed by atoms with Gasteiger partial charge in [-0.15, -0.1) is 0 Å². The summed E-state index contributed by atoms with van der Waals surface area (Å²) in [4.78, 5) is 12.0. The molecule has 6 nitrogen and oxygen atoms in total. The molecule has 8 heteroatoms. The largest absolute Gasteiger partial charge is 0.308 e. The summed E-state index contributed by atoms with van der Waals surface area (Å²) in [6.45, 7) is 0. The number of anilines is 1. The molecule has 3 N–H and O–H groups in total. The van der Waals surface area contributed by atoms with Crippen LogP contribution in [0.4, 0.5) is 5.82 Å². The first-order chi connectivity index (χ1) is 6.88. The highest BCUT2D eigenvalue weighted by atomic mass is 32.2. The van der Waals surface area contributed by atoms with Gasteiger partial charge < -0.3 is 5.43 Å². The maximum Gasteiger partial charge on any atom is 0.175 e. The molecule has 0 amide bonds. The van der Waals surface area contributed by atoms with Gasteiger partial charge in [0.15, 0.2) is 4.34 Å². The summed E-state index contributed by atoms with van der Waals surface area (Å²) < 4.78 is 4.73. The van der Waals surface area contributed by atoms with Crippen LogP contribution in [0.5, 0.6) is 0 Å². The van der Waals surface area contributed by atoms with Crippen molar-refractivity contribution in [1.29, 1.82) is 0 Å². The second-order valence-corrected chi connectivity index (χ2v) is 4.24. The Labute approximate surface area is 88.1 Å². The predicted octanol–water partition coefficient (Wildman–Crippen LogP) is 0.765. The van der Waals surface area contributed by atoms with Crippen molar-refractivity contribution in [2.75, 3.05) is 5.43 Å². The minimum absolute atomic E-state index is 0.576. The summed E-state index contributed by atoms with van der Waals surface area (Å²) in [7, 11) is 0. The molecule has 0 fully saturated rings. The maximum atomic E-state index is 5.22. The van der Waals surface area contributed by atoms with Gasteiger partial charge in [-0.3, -0.25) is 0 Å². The first kappa shape index (κ1) is 9.31. The number of nitrogens with one attached hydrogen (secondary N) is 1. The number of nitrogen functional groups attached to an aromatic ring is 1. The van der Waals surface area contributed by atoms with Gasteiger partial charge in [0.2, 0.25) is 0 Å². The third-order valence-electron chi connectivity index (χ3n) is 1.32. The van der Waals surface area contributed by atoms with Crippen molar-refractivity contribution in [2.45, 2.75) is 9.37 Å². The zero-order chi connectivity index (χ0) is 9.80. The van der Waals surface area contributed by atoms with Gasteiger partial charge >= 0.3 is 0 Å². The molecule has 0 aromatic carbocycles. The molecule has 2 rings (SSSR count). The molecule has 0 saturated carbocycles. The molecule has 14 heavy (non-hydrogen) atoms. The number of hydrogen-bond donors (Lipinski definition) is 2. The Morgan fingerprint density at radius 2 is 2.21 bits per heavy atom.